The van der Waals surface area contributed by atoms with Crippen LogP contribution in [0.4, 0.5) is 0 Å². The second-order valence-corrected chi connectivity index (χ2v) is 5.46. The van der Waals surface area contributed by atoms with E-state index in [0.29, 0.717) is 37.7 Å². The van der Waals surface area contributed by atoms with Gasteiger partial charge in [0.25, 0.3) is 0 Å². The number of ether oxygens (including phenoxy) is 1. The molecule has 0 fully saturated rings. The van der Waals surface area contributed by atoms with Gasteiger partial charge in [0.2, 0.25) is 17.6 Å². The van der Waals surface area contributed by atoms with Crippen LogP contribution in [0, 0.1) is 0 Å². The van der Waals surface area contributed by atoms with Crippen molar-refractivity contribution in [2.45, 2.75) is 32.7 Å². The van der Waals surface area contributed by atoms with Crippen molar-refractivity contribution in [3.63, 3.8) is 0 Å². The average molecular weight is 332 g/mol. The number of hydrogen-bond donors (Lipinski definition) is 2. The van der Waals surface area contributed by atoms with E-state index >= 15 is 0 Å². The summed E-state index contributed by atoms with van der Waals surface area (Å²) in [6.45, 7) is 5.16. The second kappa shape index (κ2) is 9.02. The highest BCUT2D eigenvalue weighted by molar-refractivity contribution is 5.76. The predicted octanol–water partition coefficient (Wildman–Crippen LogP) is 1.79. The molecule has 2 rings (SSSR count). The van der Waals surface area contributed by atoms with Gasteiger partial charge in [-0.3, -0.25) is 4.79 Å². The van der Waals surface area contributed by atoms with Gasteiger partial charge >= 0.3 is 0 Å². The van der Waals surface area contributed by atoms with Crippen LogP contribution in [0.25, 0.3) is 11.4 Å². The van der Waals surface area contributed by atoms with Gasteiger partial charge in [-0.15, -0.1) is 0 Å². The zero-order chi connectivity index (χ0) is 17.4. The molecule has 7 nitrogen and oxygen atoms in total. The first-order chi connectivity index (χ1) is 11.6. The normalized spacial score (nSPS) is 12.0. The molecule has 130 valence electrons. The highest BCUT2D eigenvalue weighted by Crippen LogP contribution is 2.20. The first kappa shape index (κ1) is 17.9. The molecular formula is C17H24N4O3. The van der Waals surface area contributed by atoms with Gasteiger partial charge in [-0.1, -0.05) is 5.16 Å². The van der Waals surface area contributed by atoms with E-state index in [4.69, 9.17) is 9.26 Å². The number of nitrogens with zero attached hydrogens (tertiary/aromatic N) is 2. The molecule has 1 unspecified atom stereocenters. The third-order valence-corrected chi connectivity index (χ3v) is 3.56. The molecule has 2 N–H and O–H groups in total. The van der Waals surface area contributed by atoms with Crippen molar-refractivity contribution in [3.05, 3.63) is 30.2 Å². The van der Waals surface area contributed by atoms with E-state index in [-0.39, 0.29) is 11.9 Å². The minimum Gasteiger partial charge on any atom is -0.494 e. The summed E-state index contributed by atoms with van der Waals surface area (Å²) in [7, 11) is 1.86. The fourth-order valence-corrected chi connectivity index (χ4v) is 2.02. The van der Waals surface area contributed by atoms with Gasteiger partial charge in [0, 0.05) is 31.0 Å². The summed E-state index contributed by atoms with van der Waals surface area (Å²) in [6.07, 6.45) is 0.741. The zero-order valence-electron chi connectivity index (χ0n) is 14.3. The Morgan fingerprint density at radius 2 is 2.08 bits per heavy atom. The number of hydrogen-bond acceptors (Lipinski definition) is 6. The van der Waals surface area contributed by atoms with E-state index in [9.17, 15) is 4.79 Å². The lowest BCUT2D eigenvalue weighted by molar-refractivity contribution is -0.121. The molecule has 24 heavy (non-hydrogen) atoms. The number of carbonyl (C=O) groups excluding carboxylic acids is 1. The summed E-state index contributed by atoms with van der Waals surface area (Å²) in [5, 5.41) is 9.88. The lowest BCUT2D eigenvalue weighted by Gasteiger charge is -2.10. The van der Waals surface area contributed by atoms with E-state index in [2.05, 4.69) is 20.8 Å². The Balaban J connectivity index is 1.85. The third kappa shape index (κ3) is 5.34. The monoisotopic (exact) mass is 332 g/mol. The van der Waals surface area contributed by atoms with E-state index in [0.717, 1.165) is 11.3 Å². The zero-order valence-corrected chi connectivity index (χ0v) is 14.3. The number of aromatic nitrogens is 2. The van der Waals surface area contributed by atoms with Gasteiger partial charge < -0.3 is 19.9 Å². The average Bonchev–Trinajstić information content (AvgIpc) is 3.07. The number of carbonyl (C=O) groups is 1. The van der Waals surface area contributed by atoms with Gasteiger partial charge in [-0.25, -0.2) is 0 Å². The maximum Gasteiger partial charge on any atom is 0.227 e. The molecule has 0 saturated carbocycles. The number of aryl methyl sites for hydroxylation is 1. The van der Waals surface area contributed by atoms with Crippen LogP contribution in [0.15, 0.2) is 28.8 Å². The van der Waals surface area contributed by atoms with Crippen LogP contribution in [0.5, 0.6) is 5.75 Å². The maximum absolute atomic E-state index is 11.8. The van der Waals surface area contributed by atoms with Crippen molar-refractivity contribution in [1.82, 2.24) is 20.8 Å². The maximum atomic E-state index is 11.8. The predicted molar refractivity (Wildman–Crippen MR) is 90.8 cm³/mol. The standard InChI is InChI=1S/C17H24N4O3/c1-4-23-14-7-5-13(6-8-14)17-20-16(24-21-17)10-9-15(22)19-11-12(2)18-3/h5-8,12,18H,4,9-11H2,1-3H3,(H,19,22). The Bertz CT molecular complexity index is 640. The van der Waals surface area contributed by atoms with Gasteiger partial charge in [-0.2, -0.15) is 4.98 Å². The first-order valence-corrected chi connectivity index (χ1v) is 8.12. The van der Waals surface area contributed by atoms with Gasteiger partial charge in [0.05, 0.1) is 6.61 Å². The van der Waals surface area contributed by atoms with Crippen molar-refractivity contribution in [2.75, 3.05) is 20.2 Å². The molecule has 7 heteroatoms. The molecule has 0 radical (unpaired) electrons. The Morgan fingerprint density at radius 3 is 2.75 bits per heavy atom. The smallest absolute Gasteiger partial charge is 0.227 e. The van der Waals surface area contributed by atoms with E-state index < -0.39 is 0 Å². The van der Waals surface area contributed by atoms with E-state index in [1.54, 1.807) is 0 Å². The summed E-state index contributed by atoms with van der Waals surface area (Å²) < 4.78 is 10.6. The number of benzene rings is 1. The van der Waals surface area contributed by atoms with Crippen LogP contribution in [0.2, 0.25) is 0 Å². The summed E-state index contributed by atoms with van der Waals surface area (Å²) in [4.78, 5) is 16.1. The molecule has 0 bridgehead atoms. The Hall–Kier alpha value is -2.41. The third-order valence-electron chi connectivity index (χ3n) is 3.56. The number of rotatable bonds is 9. The molecular weight excluding hydrogens is 308 g/mol. The van der Waals surface area contributed by atoms with Crippen molar-refractivity contribution in [1.29, 1.82) is 0 Å². The lowest BCUT2D eigenvalue weighted by atomic mass is 10.2. The molecule has 0 aliphatic heterocycles. The summed E-state index contributed by atoms with van der Waals surface area (Å²) in [5.74, 6) is 1.74. The minimum absolute atomic E-state index is 0.0297. The molecule has 1 atom stereocenters. The number of amides is 1. The second-order valence-electron chi connectivity index (χ2n) is 5.46. The number of nitrogens with one attached hydrogen (secondary N) is 2. The minimum atomic E-state index is -0.0297. The van der Waals surface area contributed by atoms with Crippen molar-refractivity contribution in [3.8, 4) is 17.1 Å². The molecule has 1 aromatic heterocycles. The van der Waals surface area contributed by atoms with Gasteiger partial charge in [-0.05, 0) is 45.2 Å². The highest BCUT2D eigenvalue weighted by Gasteiger charge is 2.11. The van der Waals surface area contributed by atoms with E-state index in [1.807, 2.05) is 45.2 Å². The molecule has 1 amide bonds. The van der Waals surface area contributed by atoms with Crippen LogP contribution in [-0.4, -0.2) is 42.3 Å². The van der Waals surface area contributed by atoms with Crippen molar-refractivity contribution >= 4 is 5.91 Å². The van der Waals surface area contributed by atoms with Crippen LogP contribution in [-0.2, 0) is 11.2 Å². The van der Waals surface area contributed by atoms with Crippen LogP contribution < -0.4 is 15.4 Å². The topological polar surface area (TPSA) is 89.3 Å². The number of likely N-dealkylation sites (N-methyl/N-ethyl adjacent to an activating group) is 1. The van der Waals surface area contributed by atoms with Crippen molar-refractivity contribution in [2.24, 2.45) is 0 Å². The summed E-state index contributed by atoms with van der Waals surface area (Å²) in [6, 6.07) is 7.73. The molecule has 0 spiro atoms. The lowest BCUT2D eigenvalue weighted by Crippen LogP contribution is -2.37. The van der Waals surface area contributed by atoms with Crippen LogP contribution in [0.3, 0.4) is 0 Å². The van der Waals surface area contributed by atoms with Crippen LogP contribution >= 0.6 is 0 Å². The highest BCUT2D eigenvalue weighted by atomic mass is 16.5. The summed E-state index contributed by atoms with van der Waals surface area (Å²) >= 11 is 0. The van der Waals surface area contributed by atoms with Gasteiger partial charge in [0.1, 0.15) is 5.75 Å². The van der Waals surface area contributed by atoms with Gasteiger partial charge in [0.15, 0.2) is 0 Å². The van der Waals surface area contributed by atoms with Crippen LogP contribution in [0.1, 0.15) is 26.2 Å². The fourth-order valence-electron chi connectivity index (χ4n) is 2.02. The summed E-state index contributed by atoms with van der Waals surface area (Å²) in [5.41, 5.74) is 0.848. The Kier molecular flexibility index (Phi) is 6.74. The molecule has 0 saturated heterocycles. The van der Waals surface area contributed by atoms with E-state index in [1.165, 1.54) is 0 Å². The largest absolute Gasteiger partial charge is 0.494 e. The SMILES string of the molecule is CCOc1ccc(-c2noc(CCC(=O)NCC(C)NC)n2)cc1. The quantitative estimate of drug-likeness (QED) is 0.728. The Labute approximate surface area is 141 Å². The van der Waals surface area contributed by atoms with Crippen molar-refractivity contribution < 1.29 is 14.1 Å². The Morgan fingerprint density at radius 1 is 1.33 bits per heavy atom. The molecule has 0 aliphatic rings. The molecule has 2 aromatic rings. The molecule has 0 aliphatic carbocycles. The molecule has 1 heterocycles. The fraction of sp³-hybridized carbons (Fsp3) is 0.471. The molecule has 1 aromatic carbocycles. The first-order valence-electron chi connectivity index (χ1n) is 8.12.